The first-order valence-corrected chi connectivity index (χ1v) is 9.63. The summed E-state index contributed by atoms with van der Waals surface area (Å²) in [4.78, 5) is 35.4. The molecule has 0 radical (unpaired) electrons. The summed E-state index contributed by atoms with van der Waals surface area (Å²) in [6, 6.07) is 12.6. The molecule has 0 heterocycles. The van der Waals surface area contributed by atoms with E-state index in [0.717, 1.165) is 5.56 Å². The van der Waals surface area contributed by atoms with Crippen LogP contribution in [0.15, 0.2) is 48.5 Å². The van der Waals surface area contributed by atoms with Gasteiger partial charge in [-0.2, -0.15) is 0 Å². The summed E-state index contributed by atoms with van der Waals surface area (Å²) in [5, 5.41) is 13.9. The molecule has 9 heteroatoms. The van der Waals surface area contributed by atoms with E-state index in [9.17, 15) is 14.4 Å². The van der Waals surface area contributed by atoms with Gasteiger partial charge in [-0.25, -0.2) is 5.48 Å². The van der Waals surface area contributed by atoms with Crippen molar-refractivity contribution in [1.82, 2.24) is 10.8 Å². The van der Waals surface area contributed by atoms with Gasteiger partial charge >= 0.3 is 0 Å². The van der Waals surface area contributed by atoms with Crippen molar-refractivity contribution in [3.63, 3.8) is 0 Å². The fourth-order valence-corrected chi connectivity index (χ4v) is 2.56. The number of carbonyl (C=O) groups is 3. The topological polar surface area (TPSA) is 160 Å². The molecule has 2 rings (SSSR count). The van der Waals surface area contributed by atoms with E-state index >= 15 is 0 Å². The predicted octanol–water partition coefficient (Wildman–Crippen LogP) is 0.962. The average Bonchev–Trinajstić information content (AvgIpc) is 2.79. The average molecular weight is 440 g/mol. The van der Waals surface area contributed by atoms with Crippen molar-refractivity contribution in [2.24, 2.45) is 11.5 Å². The van der Waals surface area contributed by atoms with Crippen molar-refractivity contribution in [2.75, 3.05) is 18.4 Å². The smallest absolute Gasteiger partial charge is 0.267 e. The fourth-order valence-electron chi connectivity index (χ4n) is 2.56. The molecule has 0 aliphatic rings. The number of nitrogens with one attached hydrogen (secondary N) is 3. The molecule has 2 aromatic rings. The normalized spacial score (nSPS) is 10.6. The molecule has 9 nitrogen and oxygen atoms in total. The molecule has 2 aromatic carbocycles. The molecular formula is C23H29N5O4. The van der Waals surface area contributed by atoms with Crippen molar-refractivity contribution >= 4 is 23.4 Å². The molecule has 0 unspecified atom stereocenters. The number of carbonyl (C=O) groups excluding carboxylic acids is 3. The lowest BCUT2D eigenvalue weighted by Crippen LogP contribution is -2.50. The Kier molecular flexibility index (Phi) is 11.2. The Morgan fingerprint density at radius 2 is 1.69 bits per heavy atom. The van der Waals surface area contributed by atoms with Gasteiger partial charge in [0.05, 0.1) is 0 Å². The van der Waals surface area contributed by atoms with Crippen LogP contribution in [0.4, 0.5) is 5.69 Å². The van der Waals surface area contributed by atoms with Crippen LogP contribution in [0, 0.1) is 11.8 Å². The molecule has 8 N–H and O–H groups in total. The number of amides is 3. The van der Waals surface area contributed by atoms with Crippen LogP contribution in [0.1, 0.15) is 41.8 Å². The van der Waals surface area contributed by atoms with E-state index < -0.39 is 17.9 Å². The van der Waals surface area contributed by atoms with E-state index in [4.69, 9.17) is 16.7 Å². The minimum atomic E-state index is -1.04. The minimum Gasteiger partial charge on any atom is -0.339 e. The summed E-state index contributed by atoms with van der Waals surface area (Å²) in [6.45, 7) is 0.305. The maximum absolute atomic E-state index is 12.2. The van der Waals surface area contributed by atoms with Gasteiger partial charge in [-0.15, -0.1) is 0 Å². The molecular weight excluding hydrogens is 410 g/mol. The van der Waals surface area contributed by atoms with Gasteiger partial charge in [0.25, 0.3) is 11.8 Å². The quantitative estimate of drug-likeness (QED) is 0.204. The molecule has 0 saturated heterocycles. The van der Waals surface area contributed by atoms with Crippen LogP contribution in [0.5, 0.6) is 0 Å². The van der Waals surface area contributed by atoms with Gasteiger partial charge in [0.15, 0.2) is 0 Å². The second-order valence-electron chi connectivity index (χ2n) is 6.59. The van der Waals surface area contributed by atoms with Gasteiger partial charge in [-0.05, 0) is 55.4 Å². The first-order valence-electron chi connectivity index (χ1n) is 9.63. The highest BCUT2D eigenvalue weighted by atomic mass is 16.5. The highest BCUT2D eigenvalue weighted by molar-refractivity contribution is 5.97. The van der Waals surface area contributed by atoms with E-state index in [2.05, 4.69) is 22.5 Å². The molecule has 1 atom stereocenters. The van der Waals surface area contributed by atoms with Crippen LogP contribution in [-0.2, 0) is 9.59 Å². The van der Waals surface area contributed by atoms with E-state index in [1.54, 1.807) is 42.5 Å². The van der Waals surface area contributed by atoms with Crippen LogP contribution in [0.3, 0.4) is 0 Å². The summed E-state index contributed by atoms with van der Waals surface area (Å²) in [6.07, 6.45) is 0.990. The number of hydroxylamine groups is 1. The molecule has 170 valence electrons. The molecule has 0 bridgehead atoms. The number of hydrogen-bond acceptors (Lipinski definition) is 6. The predicted molar refractivity (Wildman–Crippen MR) is 123 cm³/mol. The van der Waals surface area contributed by atoms with Crippen molar-refractivity contribution in [3.8, 4) is 11.8 Å². The Bertz CT molecular complexity index is 980. The van der Waals surface area contributed by atoms with E-state index in [1.165, 1.54) is 5.48 Å². The van der Waals surface area contributed by atoms with Gasteiger partial charge < -0.3 is 22.1 Å². The number of hydrogen-bond donors (Lipinski definition) is 6. The zero-order valence-electron chi connectivity index (χ0n) is 16.9. The molecule has 0 spiro atoms. The number of benzene rings is 2. The monoisotopic (exact) mass is 439 g/mol. The summed E-state index contributed by atoms with van der Waals surface area (Å²) in [5.41, 5.74) is 14.7. The van der Waals surface area contributed by atoms with Crippen LogP contribution in [-0.4, -0.2) is 42.1 Å². The summed E-state index contributed by atoms with van der Waals surface area (Å²) in [5.74, 6) is 4.61. The maximum Gasteiger partial charge on any atom is 0.267 e. The second-order valence-corrected chi connectivity index (χ2v) is 6.59. The van der Waals surface area contributed by atoms with Gasteiger partial charge in [-0.1, -0.05) is 25.3 Å². The van der Waals surface area contributed by atoms with Crippen molar-refractivity contribution in [1.29, 1.82) is 0 Å². The molecule has 0 aliphatic carbocycles. The Morgan fingerprint density at radius 3 is 2.31 bits per heavy atom. The van der Waals surface area contributed by atoms with E-state index in [-0.39, 0.29) is 19.9 Å². The van der Waals surface area contributed by atoms with Crippen LogP contribution >= 0.6 is 0 Å². The molecule has 0 saturated carbocycles. The van der Waals surface area contributed by atoms with Gasteiger partial charge in [0.2, 0.25) is 5.91 Å². The lowest BCUT2D eigenvalue weighted by Gasteiger charge is -2.14. The van der Waals surface area contributed by atoms with Crippen LogP contribution in [0.2, 0.25) is 0 Å². The maximum atomic E-state index is 12.2. The summed E-state index contributed by atoms with van der Waals surface area (Å²) in [7, 11) is 0. The van der Waals surface area contributed by atoms with Crippen LogP contribution < -0.4 is 27.6 Å². The van der Waals surface area contributed by atoms with Gasteiger partial charge in [0.1, 0.15) is 6.04 Å². The zero-order chi connectivity index (χ0) is 22.6. The van der Waals surface area contributed by atoms with Gasteiger partial charge in [-0.3, -0.25) is 19.6 Å². The lowest BCUT2D eigenvalue weighted by molar-refractivity contribution is -0.130. The first kappa shape index (κ1) is 26.3. The summed E-state index contributed by atoms with van der Waals surface area (Å²) >= 11 is 0. The number of rotatable bonds is 8. The first-order chi connectivity index (χ1) is 15.0. The standard InChI is InChI=1S/C22H25N5O4.CH4/c23-12-2-5-20(28)25-18-4-1-3-16(13-18)7-6-15-8-10-17(11-9-15)21(29)26-19(14-24)22(30)27-31;/h1,3-4,8-11,13,19,31H,2,5,12,14,23-24H2,(H,25,28)(H,26,29)(H,27,30);1H4/t19-;/m0./s1. The molecule has 32 heavy (non-hydrogen) atoms. The lowest BCUT2D eigenvalue weighted by atomic mass is 10.1. The molecule has 0 aliphatic heterocycles. The molecule has 0 aromatic heterocycles. The largest absolute Gasteiger partial charge is 0.339 e. The van der Waals surface area contributed by atoms with Gasteiger partial charge in [0, 0.05) is 35.3 Å². The van der Waals surface area contributed by atoms with E-state index in [0.29, 0.717) is 36.2 Å². The minimum absolute atomic E-state index is 0. The number of anilines is 1. The Hall–Kier alpha value is -3.71. The third-order valence-corrected chi connectivity index (χ3v) is 4.22. The van der Waals surface area contributed by atoms with E-state index in [1.807, 2.05) is 6.07 Å². The fraction of sp³-hybridized carbons (Fsp3) is 0.261. The Labute approximate surface area is 187 Å². The molecule has 3 amide bonds. The third kappa shape index (κ3) is 8.20. The van der Waals surface area contributed by atoms with Crippen molar-refractivity contribution in [3.05, 3.63) is 65.2 Å². The highest BCUT2D eigenvalue weighted by Gasteiger charge is 2.19. The van der Waals surface area contributed by atoms with Crippen molar-refractivity contribution in [2.45, 2.75) is 26.3 Å². The Balaban J connectivity index is 0.00000512. The number of nitrogens with two attached hydrogens (primary N) is 2. The Morgan fingerprint density at radius 1 is 1.00 bits per heavy atom. The highest BCUT2D eigenvalue weighted by Crippen LogP contribution is 2.11. The SMILES string of the molecule is C.NCCCC(=O)Nc1cccc(C#Cc2ccc(C(=O)N[C@@H](CN)C(=O)NO)cc2)c1. The van der Waals surface area contributed by atoms with Crippen LogP contribution in [0.25, 0.3) is 0 Å². The zero-order valence-corrected chi connectivity index (χ0v) is 16.9. The third-order valence-electron chi connectivity index (χ3n) is 4.22. The van der Waals surface area contributed by atoms with Crippen molar-refractivity contribution < 1.29 is 19.6 Å². The second kappa shape index (κ2) is 13.6. The molecule has 0 fully saturated rings. The summed E-state index contributed by atoms with van der Waals surface area (Å²) < 4.78 is 0.